The van der Waals surface area contributed by atoms with Crippen LogP contribution < -0.4 is 19.3 Å². The van der Waals surface area contributed by atoms with Gasteiger partial charge in [0.1, 0.15) is 30.3 Å². The Kier molecular flexibility index (Phi) is 7.26. The fraction of sp³-hybridized carbons (Fsp3) is 0.286. The third kappa shape index (κ3) is 5.31. The van der Waals surface area contributed by atoms with E-state index in [2.05, 4.69) is 23.1 Å². The summed E-state index contributed by atoms with van der Waals surface area (Å²) in [7, 11) is 9.44. The van der Waals surface area contributed by atoms with E-state index in [4.69, 9.17) is 9.47 Å². The summed E-state index contributed by atoms with van der Waals surface area (Å²) in [6, 6.07) is 11.5. The molecule has 1 unspecified atom stereocenters. The second kappa shape index (κ2) is 10.4. The van der Waals surface area contributed by atoms with Crippen molar-refractivity contribution in [1.82, 2.24) is 4.90 Å². The van der Waals surface area contributed by atoms with Gasteiger partial charge >= 0.3 is 11.9 Å². The average molecular weight is 506 g/mol. The molecule has 37 heavy (non-hydrogen) atoms. The fourth-order valence-electron chi connectivity index (χ4n) is 4.50. The first-order valence-electron chi connectivity index (χ1n) is 11.8. The molecule has 1 aliphatic heterocycles. The number of methoxy groups -OCH3 is 1. The molecular weight excluding hydrogens is 474 g/mol. The lowest BCUT2D eigenvalue weighted by Gasteiger charge is -2.31. The lowest BCUT2D eigenvalue weighted by atomic mass is 9.86. The van der Waals surface area contributed by atoms with Gasteiger partial charge in [0.05, 0.1) is 12.8 Å². The van der Waals surface area contributed by atoms with Crippen molar-refractivity contribution < 1.29 is 29.3 Å². The first kappa shape index (κ1) is 25.8. The molecule has 0 bridgehead atoms. The fourth-order valence-corrected chi connectivity index (χ4v) is 4.50. The summed E-state index contributed by atoms with van der Waals surface area (Å²) in [6.07, 6.45) is 6.24. The molecular formula is C28H31N3O6. The van der Waals surface area contributed by atoms with Gasteiger partial charge in [0.15, 0.2) is 0 Å². The Morgan fingerprint density at radius 3 is 2.30 bits per heavy atom. The van der Waals surface area contributed by atoms with Crippen LogP contribution in [-0.2, 0) is 9.59 Å². The highest BCUT2D eigenvalue weighted by atomic mass is 16.5. The number of likely N-dealkylation sites (N-methyl/N-ethyl adjacent to an activating group) is 1. The minimum atomic E-state index is -1.13. The third-order valence-corrected chi connectivity index (χ3v) is 6.35. The number of hydrogen-bond acceptors (Lipinski definition) is 7. The number of anilines is 2. The number of nitrogens with zero attached hydrogens (tertiary/aromatic N) is 3. The number of carbonyl (C=O) groups is 2. The van der Waals surface area contributed by atoms with Crippen LogP contribution >= 0.6 is 0 Å². The highest BCUT2D eigenvalue weighted by Gasteiger charge is 2.29. The molecule has 1 aliphatic carbocycles. The number of fused-ring (bicyclic) bond motifs is 2. The minimum Gasteiger partial charge on any atom is -0.495 e. The van der Waals surface area contributed by atoms with Gasteiger partial charge < -0.3 is 29.5 Å². The second-order valence-corrected chi connectivity index (χ2v) is 9.34. The maximum Gasteiger partial charge on any atom is 0.323 e. The smallest absolute Gasteiger partial charge is 0.323 e. The van der Waals surface area contributed by atoms with E-state index in [1.807, 2.05) is 63.4 Å². The van der Waals surface area contributed by atoms with Crippen LogP contribution in [0.2, 0.25) is 0 Å². The Labute approximate surface area is 216 Å². The summed E-state index contributed by atoms with van der Waals surface area (Å²) in [5.74, 6) is -0.413. The van der Waals surface area contributed by atoms with Crippen molar-refractivity contribution in [2.75, 3.05) is 58.2 Å². The van der Waals surface area contributed by atoms with Crippen molar-refractivity contribution >= 4 is 28.9 Å². The van der Waals surface area contributed by atoms with E-state index < -0.39 is 25.0 Å². The van der Waals surface area contributed by atoms with Gasteiger partial charge in [0.2, 0.25) is 0 Å². The molecule has 0 saturated heterocycles. The number of benzene rings is 2. The van der Waals surface area contributed by atoms with Crippen molar-refractivity contribution in [3.63, 3.8) is 0 Å². The summed E-state index contributed by atoms with van der Waals surface area (Å²) >= 11 is 0. The predicted molar refractivity (Wildman–Crippen MR) is 143 cm³/mol. The highest BCUT2D eigenvalue weighted by Crippen LogP contribution is 2.46. The maximum atomic E-state index is 11.4. The van der Waals surface area contributed by atoms with Crippen molar-refractivity contribution in [2.45, 2.75) is 6.04 Å². The van der Waals surface area contributed by atoms with Crippen LogP contribution in [0.15, 0.2) is 66.0 Å². The Hall–Kier alpha value is -4.24. The average Bonchev–Trinajstić information content (AvgIpc) is 2.85. The first-order chi connectivity index (χ1) is 17.6. The van der Waals surface area contributed by atoms with Crippen molar-refractivity contribution in [3.8, 4) is 11.5 Å². The molecule has 4 rings (SSSR count). The Morgan fingerprint density at radius 2 is 1.70 bits per heavy atom. The molecule has 0 saturated carbocycles. The summed E-state index contributed by atoms with van der Waals surface area (Å²) in [6.45, 7) is -0.941. The number of aliphatic carboxylic acids is 2. The van der Waals surface area contributed by atoms with Crippen LogP contribution in [0.3, 0.4) is 0 Å². The Morgan fingerprint density at radius 1 is 1.00 bits per heavy atom. The van der Waals surface area contributed by atoms with Crippen LogP contribution in [0.1, 0.15) is 11.1 Å². The van der Waals surface area contributed by atoms with Crippen LogP contribution in [0.5, 0.6) is 11.5 Å². The van der Waals surface area contributed by atoms with Gasteiger partial charge in [-0.05, 0) is 50.0 Å². The lowest BCUT2D eigenvalue weighted by molar-refractivity contribution is -0.136. The van der Waals surface area contributed by atoms with Crippen LogP contribution in [0.4, 0.5) is 11.4 Å². The van der Waals surface area contributed by atoms with E-state index in [1.165, 1.54) is 12.0 Å². The summed E-state index contributed by atoms with van der Waals surface area (Å²) in [5.41, 5.74) is 5.00. The number of rotatable bonds is 9. The normalized spacial score (nSPS) is 15.9. The summed E-state index contributed by atoms with van der Waals surface area (Å²) in [5, 5.41) is 18.6. The molecule has 2 N–H and O–H groups in total. The van der Waals surface area contributed by atoms with E-state index in [1.54, 1.807) is 6.07 Å². The molecule has 2 aliphatic rings. The topological polar surface area (TPSA) is 103 Å². The molecule has 1 heterocycles. The van der Waals surface area contributed by atoms with Gasteiger partial charge in [0, 0.05) is 48.6 Å². The number of hydrogen-bond donors (Lipinski definition) is 2. The molecule has 9 nitrogen and oxygen atoms in total. The number of carboxylic acids is 2. The van der Waals surface area contributed by atoms with Gasteiger partial charge in [-0.3, -0.25) is 14.5 Å². The molecule has 1 atom stereocenters. The summed E-state index contributed by atoms with van der Waals surface area (Å²) < 4.78 is 12.0. The number of ether oxygens (including phenoxy) is 2. The monoisotopic (exact) mass is 505 g/mol. The van der Waals surface area contributed by atoms with E-state index in [0.717, 1.165) is 39.5 Å². The first-order valence-corrected chi connectivity index (χ1v) is 11.8. The zero-order valence-electron chi connectivity index (χ0n) is 21.6. The second-order valence-electron chi connectivity index (χ2n) is 9.34. The SMILES string of the molecule is COc1cc(C2=C3C=CC(N(C)C)C=C3Oc3cc(N(C)C)ccc32)ccc1N(CC(=O)O)CC(=O)O. The zero-order chi connectivity index (χ0) is 26.9. The van der Waals surface area contributed by atoms with Crippen molar-refractivity contribution in [3.05, 3.63) is 77.1 Å². The van der Waals surface area contributed by atoms with Crippen LogP contribution in [-0.4, -0.2) is 81.5 Å². The van der Waals surface area contributed by atoms with Gasteiger partial charge in [-0.2, -0.15) is 0 Å². The van der Waals surface area contributed by atoms with E-state index in [9.17, 15) is 19.8 Å². The lowest BCUT2D eigenvalue weighted by Crippen LogP contribution is -2.34. The standard InChI is InChI=1S/C28H31N3O6/c1-29(2)18-7-9-20-23(13-18)37-24-14-19(30(3)4)8-10-21(24)28(20)17-6-11-22(25(12-17)36-5)31(15-26(32)33)16-27(34)35/h6-14,18H,15-16H2,1-5H3,(H,32,33)(H,34,35). The molecule has 0 amide bonds. The van der Waals surface area contributed by atoms with Gasteiger partial charge in [-0.15, -0.1) is 0 Å². The number of allylic oxidation sites excluding steroid dienone is 1. The van der Waals surface area contributed by atoms with Crippen molar-refractivity contribution in [2.24, 2.45) is 0 Å². The molecule has 0 radical (unpaired) electrons. The molecule has 0 spiro atoms. The predicted octanol–water partition coefficient (Wildman–Crippen LogP) is 3.32. The van der Waals surface area contributed by atoms with E-state index in [-0.39, 0.29) is 6.04 Å². The van der Waals surface area contributed by atoms with Gasteiger partial charge in [-0.25, -0.2) is 0 Å². The van der Waals surface area contributed by atoms with E-state index in [0.29, 0.717) is 11.4 Å². The quantitative estimate of drug-likeness (QED) is 0.531. The molecule has 2 aromatic carbocycles. The number of carboxylic acid groups (broad SMARTS) is 2. The minimum absolute atomic E-state index is 0.0797. The van der Waals surface area contributed by atoms with Gasteiger partial charge in [-0.1, -0.05) is 18.2 Å². The molecule has 0 fully saturated rings. The molecule has 9 heteroatoms. The molecule has 194 valence electrons. The summed E-state index contributed by atoms with van der Waals surface area (Å²) in [4.78, 5) is 28.2. The highest BCUT2D eigenvalue weighted by molar-refractivity contribution is 5.92. The van der Waals surface area contributed by atoms with Crippen LogP contribution in [0.25, 0.3) is 5.57 Å². The zero-order valence-corrected chi connectivity index (χ0v) is 21.6. The van der Waals surface area contributed by atoms with Crippen molar-refractivity contribution in [1.29, 1.82) is 0 Å². The molecule has 2 aromatic rings. The van der Waals surface area contributed by atoms with Gasteiger partial charge in [0.25, 0.3) is 0 Å². The largest absolute Gasteiger partial charge is 0.495 e. The third-order valence-electron chi connectivity index (χ3n) is 6.35. The van der Waals surface area contributed by atoms with E-state index >= 15 is 0 Å². The Bertz CT molecular complexity index is 1310. The Balaban J connectivity index is 1.88. The molecule has 0 aromatic heterocycles. The van der Waals surface area contributed by atoms with Crippen LogP contribution in [0, 0.1) is 0 Å². The maximum absolute atomic E-state index is 11.4.